The molecule has 80 valence electrons. The molecule has 14 heavy (non-hydrogen) atoms. The van der Waals surface area contributed by atoms with Gasteiger partial charge in [0.1, 0.15) is 5.82 Å². The van der Waals surface area contributed by atoms with E-state index < -0.39 is 0 Å². The number of hydrogen-bond donors (Lipinski definition) is 1. The molecule has 0 aliphatic heterocycles. The SMILES string of the molecule is COCCCNCCn1ccnc1C. The maximum atomic E-state index is 4.96. The Balaban J connectivity index is 2.02. The molecule has 4 nitrogen and oxygen atoms in total. The van der Waals surface area contributed by atoms with Crippen molar-refractivity contribution in [2.24, 2.45) is 0 Å². The Kier molecular flexibility index (Phi) is 5.25. The molecule has 1 rings (SSSR count). The van der Waals surface area contributed by atoms with Crippen LogP contribution in [0.4, 0.5) is 0 Å². The van der Waals surface area contributed by atoms with Crippen LogP contribution in [-0.4, -0.2) is 36.4 Å². The fraction of sp³-hybridized carbons (Fsp3) is 0.700. The summed E-state index contributed by atoms with van der Waals surface area (Å²) in [5.41, 5.74) is 0. The van der Waals surface area contributed by atoms with Crippen molar-refractivity contribution < 1.29 is 4.74 Å². The van der Waals surface area contributed by atoms with Gasteiger partial charge in [-0.2, -0.15) is 0 Å². The Morgan fingerprint density at radius 2 is 2.36 bits per heavy atom. The summed E-state index contributed by atoms with van der Waals surface area (Å²) in [5.74, 6) is 1.07. The summed E-state index contributed by atoms with van der Waals surface area (Å²) in [5, 5.41) is 3.36. The van der Waals surface area contributed by atoms with Crippen molar-refractivity contribution >= 4 is 0 Å². The molecular formula is C10H19N3O. The quantitative estimate of drug-likeness (QED) is 0.658. The van der Waals surface area contributed by atoms with Crippen molar-refractivity contribution in [1.82, 2.24) is 14.9 Å². The Bertz CT molecular complexity index is 247. The third kappa shape index (κ3) is 3.89. The van der Waals surface area contributed by atoms with Crippen LogP contribution in [0.5, 0.6) is 0 Å². The Morgan fingerprint density at radius 1 is 1.50 bits per heavy atom. The van der Waals surface area contributed by atoms with Crippen LogP contribution in [0.3, 0.4) is 0 Å². The van der Waals surface area contributed by atoms with E-state index in [0.29, 0.717) is 0 Å². The van der Waals surface area contributed by atoms with Gasteiger partial charge in [0.2, 0.25) is 0 Å². The van der Waals surface area contributed by atoms with Crippen LogP contribution in [0.25, 0.3) is 0 Å². The molecule has 0 aromatic carbocycles. The molecule has 1 aromatic heterocycles. The second-order valence-corrected chi connectivity index (χ2v) is 3.26. The zero-order valence-electron chi connectivity index (χ0n) is 8.99. The number of hydrogen-bond acceptors (Lipinski definition) is 3. The Hall–Kier alpha value is -0.870. The fourth-order valence-electron chi connectivity index (χ4n) is 1.31. The van der Waals surface area contributed by atoms with E-state index >= 15 is 0 Å². The van der Waals surface area contributed by atoms with E-state index in [9.17, 15) is 0 Å². The first-order chi connectivity index (χ1) is 6.84. The molecule has 0 unspecified atom stereocenters. The van der Waals surface area contributed by atoms with Gasteiger partial charge in [0.25, 0.3) is 0 Å². The lowest BCUT2D eigenvalue weighted by Gasteiger charge is -2.06. The summed E-state index contributed by atoms with van der Waals surface area (Å²) in [6, 6.07) is 0. The molecule has 0 aliphatic rings. The first-order valence-corrected chi connectivity index (χ1v) is 5.02. The van der Waals surface area contributed by atoms with Gasteiger partial charge in [-0.15, -0.1) is 0 Å². The Labute approximate surface area is 85.3 Å². The normalized spacial score (nSPS) is 10.7. The molecule has 0 saturated carbocycles. The van der Waals surface area contributed by atoms with Crippen LogP contribution in [0.1, 0.15) is 12.2 Å². The minimum absolute atomic E-state index is 0.830. The highest BCUT2D eigenvalue weighted by Gasteiger charge is 1.94. The van der Waals surface area contributed by atoms with Crippen molar-refractivity contribution in [1.29, 1.82) is 0 Å². The first kappa shape index (κ1) is 11.2. The number of imidazole rings is 1. The topological polar surface area (TPSA) is 39.1 Å². The van der Waals surface area contributed by atoms with E-state index in [2.05, 4.69) is 14.9 Å². The molecule has 1 heterocycles. The zero-order valence-corrected chi connectivity index (χ0v) is 8.99. The summed E-state index contributed by atoms with van der Waals surface area (Å²) >= 11 is 0. The minimum Gasteiger partial charge on any atom is -0.385 e. The van der Waals surface area contributed by atoms with Gasteiger partial charge >= 0.3 is 0 Å². The second-order valence-electron chi connectivity index (χ2n) is 3.26. The molecule has 0 amide bonds. The second kappa shape index (κ2) is 6.56. The summed E-state index contributed by atoms with van der Waals surface area (Å²) in [7, 11) is 1.73. The molecular weight excluding hydrogens is 178 g/mol. The maximum absolute atomic E-state index is 4.96. The molecule has 0 aliphatic carbocycles. The zero-order chi connectivity index (χ0) is 10.2. The van der Waals surface area contributed by atoms with E-state index in [-0.39, 0.29) is 0 Å². The summed E-state index contributed by atoms with van der Waals surface area (Å²) in [6.07, 6.45) is 4.91. The van der Waals surface area contributed by atoms with Gasteiger partial charge < -0.3 is 14.6 Å². The minimum atomic E-state index is 0.830. The van der Waals surface area contributed by atoms with Gasteiger partial charge in [-0.25, -0.2) is 4.98 Å². The van der Waals surface area contributed by atoms with Crippen molar-refractivity contribution in [3.8, 4) is 0 Å². The lowest BCUT2D eigenvalue weighted by Crippen LogP contribution is -2.22. The summed E-state index contributed by atoms with van der Waals surface area (Å²) < 4.78 is 7.10. The molecule has 0 atom stereocenters. The van der Waals surface area contributed by atoms with E-state index in [4.69, 9.17) is 4.74 Å². The van der Waals surface area contributed by atoms with Gasteiger partial charge in [-0.3, -0.25) is 0 Å². The molecule has 0 radical (unpaired) electrons. The van der Waals surface area contributed by atoms with Crippen molar-refractivity contribution in [3.05, 3.63) is 18.2 Å². The maximum Gasteiger partial charge on any atom is 0.105 e. The number of methoxy groups -OCH3 is 1. The molecule has 1 N–H and O–H groups in total. The van der Waals surface area contributed by atoms with Gasteiger partial charge in [0, 0.05) is 39.2 Å². The molecule has 0 bridgehead atoms. The number of ether oxygens (including phenoxy) is 1. The number of aryl methyl sites for hydroxylation is 1. The number of nitrogens with zero attached hydrogens (tertiary/aromatic N) is 2. The first-order valence-electron chi connectivity index (χ1n) is 5.02. The average Bonchev–Trinajstić information content (AvgIpc) is 2.58. The number of nitrogens with one attached hydrogen (secondary N) is 1. The highest BCUT2D eigenvalue weighted by molar-refractivity contribution is 4.88. The number of aromatic nitrogens is 2. The summed E-state index contributed by atoms with van der Waals surface area (Å²) in [6.45, 7) is 5.84. The smallest absolute Gasteiger partial charge is 0.105 e. The monoisotopic (exact) mass is 197 g/mol. The van der Waals surface area contributed by atoms with Crippen molar-refractivity contribution in [2.45, 2.75) is 19.9 Å². The lowest BCUT2D eigenvalue weighted by molar-refractivity contribution is 0.194. The lowest BCUT2D eigenvalue weighted by atomic mass is 10.4. The molecule has 0 spiro atoms. The standard InChI is InChI=1S/C10H19N3O/c1-10-12-6-8-13(10)7-5-11-4-3-9-14-2/h6,8,11H,3-5,7,9H2,1-2H3. The van der Waals surface area contributed by atoms with Crippen LogP contribution >= 0.6 is 0 Å². The van der Waals surface area contributed by atoms with Gasteiger partial charge in [-0.1, -0.05) is 0 Å². The Morgan fingerprint density at radius 3 is 3.00 bits per heavy atom. The van der Waals surface area contributed by atoms with Crippen LogP contribution in [0.2, 0.25) is 0 Å². The van der Waals surface area contributed by atoms with Crippen LogP contribution in [0, 0.1) is 6.92 Å². The highest BCUT2D eigenvalue weighted by atomic mass is 16.5. The molecule has 4 heteroatoms. The molecule has 0 fully saturated rings. The summed E-state index contributed by atoms with van der Waals surface area (Å²) in [4.78, 5) is 4.16. The third-order valence-electron chi connectivity index (χ3n) is 2.16. The van der Waals surface area contributed by atoms with Crippen LogP contribution in [0.15, 0.2) is 12.4 Å². The van der Waals surface area contributed by atoms with Crippen molar-refractivity contribution in [3.63, 3.8) is 0 Å². The highest BCUT2D eigenvalue weighted by Crippen LogP contribution is 1.93. The van der Waals surface area contributed by atoms with Gasteiger partial charge in [0.15, 0.2) is 0 Å². The fourth-order valence-corrected chi connectivity index (χ4v) is 1.31. The van der Waals surface area contributed by atoms with Crippen LogP contribution < -0.4 is 5.32 Å². The largest absolute Gasteiger partial charge is 0.385 e. The van der Waals surface area contributed by atoms with E-state index in [1.807, 2.05) is 19.3 Å². The van der Waals surface area contributed by atoms with E-state index in [1.165, 1.54) is 0 Å². The van der Waals surface area contributed by atoms with Crippen molar-refractivity contribution in [2.75, 3.05) is 26.8 Å². The van der Waals surface area contributed by atoms with E-state index in [0.717, 1.165) is 38.5 Å². The van der Waals surface area contributed by atoms with E-state index in [1.54, 1.807) is 7.11 Å². The van der Waals surface area contributed by atoms with Gasteiger partial charge in [0.05, 0.1) is 0 Å². The van der Waals surface area contributed by atoms with Gasteiger partial charge in [-0.05, 0) is 19.9 Å². The predicted molar refractivity (Wildman–Crippen MR) is 56.3 cm³/mol. The van der Waals surface area contributed by atoms with Crippen LogP contribution in [-0.2, 0) is 11.3 Å². The average molecular weight is 197 g/mol. The number of rotatable bonds is 7. The predicted octanol–water partition coefficient (Wildman–Crippen LogP) is 0.818. The molecule has 1 aromatic rings. The molecule has 0 saturated heterocycles. The third-order valence-corrected chi connectivity index (χ3v) is 2.16.